The van der Waals surface area contributed by atoms with E-state index < -0.39 is 11.9 Å². The van der Waals surface area contributed by atoms with Crippen LogP contribution in [0.5, 0.6) is 0 Å². The average molecular weight is 415 g/mol. The van der Waals surface area contributed by atoms with Crippen LogP contribution in [0, 0.1) is 0 Å². The molecule has 0 radical (unpaired) electrons. The number of thiophene rings is 1. The second-order valence-corrected chi connectivity index (χ2v) is 7.02. The van der Waals surface area contributed by atoms with E-state index in [0.717, 1.165) is 11.3 Å². The van der Waals surface area contributed by atoms with E-state index in [-0.39, 0.29) is 12.5 Å². The highest BCUT2D eigenvalue weighted by Gasteiger charge is 2.21. The number of anilines is 1. The van der Waals surface area contributed by atoms with E-state index in [0.29, 0.717) is 32.0 Å². The van der Waals surface area contributed by atoms with Gasteiger partial charge in [-0.15, -0.1) is 11.3 Å². The average Bonchev–Trinajstić information content (AvgIpc) is 3.11. The fourth-order valence-electron chi connectivity index (χ4n) is 2.12. The van der Waals surface area contributed by atoms with Gasteiger partial charge in [-0.25, -0.2) is 4.79 Å². The van der Waals surface area contributed by atoms with Crippen molar-refractivity contribution in [3.63, 3.8) is 0 Å². The molecule has 138 valence electrons. The first-order valence-electron chi connectivity index (χ1n) is 7.58. The van der Waals surface area contributed by atoms with Crippen LogP contribution < -0.4 is 5.32 Å². The van der Waals surface area contributed by atoms with Crippen molar-refractivity contribution in [3.8, 4) is 0 Å². The molecule has 0 spiro atoms. The van der Waals surface area contributed by atoms with Crippen molar-refractivity contribution >= 4 is 58.0 Å². The lowest BCUT2D eigenvalue weighted by Crippen LogP contribution is -2.37. The summed E-state index contributed by atoms with van der Waals surface area (Å²) in [5, 5.41) is 3.23. The lowest BCUT2D eigenvalue weighted by atomic mass is 10.3. The first-order valence-corrected chi connectivity index (χ1v) is 9.15. The number of hydrogen-bond acceptors (Lipinski definition) is 5. The Morgan fingerprint density at radius 1 is 1.12 bits per heavy atom. The maximum atomic E-state index is 12.6. The number of esters is 1. The number of methoxy groups -OCH3 is 1. The van der Waals surface area contributed by atoms with E-state index in [1.807, 2.05) is 0 Å². The molecule has 0 aliphatic carbocycles. The van der Waals surface area contributed by atoms with Gasteiger partial charge in [0.05, 0.1) is 27.7 Å². The standard InChI is InChI=1S/C17H16Cl2N2O4S/c1-3-21(16(23)12-7-8-13(26-12)17(24)25-2)9-14(22)20-15-10(18)5-4-6-11(15)19/h4-8H,3,9H2,1-2H3,(H,20,22). The summed E-state index contributed by atoms with van der Waals surface area (Å²) in [6, 6.07) is 7.92. The molecule has 0 aliphatic heterocycles. The van der Waals surface area contributed by atoms with Crippen molar-refractivity contribution in [2.24, 2.45) is 0 Å². The van der Waals surface area contributed by atoms with E-state index in [1.165, 1.54) is 24.1 Å². The molecule has 0 unspecified atom stereocenters. The van der Waals surface area contributed by atoms with Gasteiger partial charge in [0.1, 0.15) is 11.4 Å². The zero-order valence-corrected chi connectivity index (χ0v) is 16.4. The highest BCUT2D eigenvalue weighted by Crippen LogP contribution is 2.29. The van der Waals surface area contributed by atoms with E-state index >= 15 is 0 Å². The number of amides is 2. The van der Waals surface area contributed by atoms with E-state index in [2.05, 4.69) is 10.1 Å². The van der Waals surface area contributed by atoms with Gasteiger partial charge in [-0.05, 0) is 31.2 Å². The molecule has 0 fully saturated rings. The molecule has 0 bridgehead atoms. The third-order valence-electron chi connectivity index (χ3n) is 3.43. The van der Waals surface area contributed by atoms with Gasteiger partial charge in [0.2, 0.25) is 5.91 Å². The van der Waals surface area contributed by atoms with E-state index in [9.17, 15) is 14.4 Å². The topological polar surface area (TPSA) is 75.7 Å². The number of nitrogens with zero attached hydrogens (tertiary/aromatic N) is 1. The molecule has 9 heteroatoms. The summed E-state index contributed by atoms with van der Waals surface area (Å²) < 4.78 is 4.63. The number of carbonyl (C=O) groups is 3. The molecule has 2 rings (SSSR count). The molecule has 0 saturated carbocycles. The van der Waals surface area contributed by atoms with Crippen molar-refractivity contribution in [3.05, 3.63) is 50.1 Å². The fourth-order valence-corrected chi connectivity index (χ4v) is 3.50. The predicted octanol–water partition coefficient (Wildman–Crippen LogP) is 3.94. The number of hydrogen-bond donors (Lipinski definition) is 1. The monoisotopic (exact) mass is 414 g/mol. The lowest BCUT2D eigenvalue weighted by Gasteiger charge is -2.20. The molecule has 6 nitrogen and oxygen atoms in total. The Balaban J connectivity index is 2.08. The third-order valence-corrected chi connectivity index (χ3v) is 5.12. The zero-order valence-electron chi connectivity index (χ0n) is 14.0. The van der Waals surface area contributed by atoms with E-state index in [4.69, 9.17) is 23.2 Å². The Morgan fingerprint density at radius 2 is 1.73 bits per heavy atom. The summed E-state index contributed by atoms with van der Waals surface area (Å²) in [4.78, 5) is 38.4. The molecule has 2 amide bonds. The Morgan fingerprint density at radius 3 is 2.31 bits per heavy atom. The molecular weight excluding hydrogens is 399 g/mol. The maximum Gasteiger partial charge on any atom is 0.348 e. The second kappa shape index (κ2) is 9.02. The van der Waals surface area contributed by atoms with Gasteiger partial charge in [0.25, 0.3) is 5.91 Å². The second-order valence-electron chi connectivity index (χ2n) is 5.12. The Bertz CT molecular complexity index is 818. The Labute approximate surface area is 164 Å². The van der Waals surface area contributed by atoms with Crippen LogP contribution in [-0.4, -0.2) is 42.9 Å². The Hall–Kier alpha value is -2.09. The molecule has 0 saturated heterocycles. The molecule has 0 aliphatic rings. The largest absolute Gasteiger partial charge is 0.465 e. The Kier molecular flexibility index (Phi) is 7.02. The first kappa shape index (κ1) is 20.2. The van der Waals surface area contributed by atoms with Crippen LogP contribution in [-0.2, 0) is 9.53 Å². The van der Waals surface area contributed by atoms with Crippen molar-refractivity contribution in [1.29, 1.82) is 0 Å². The van der Waals surface area contributed by atoms with Gasteiger partial charge in [0.15, 0.2) is 0 Å². The number of rotatable bonds is 6. The predicted molar refractivity (Wildman–Crippen MR) is 102 cm³/mol. The summed E-state index contributed by atoms with van der Waals surface area (Å²) >= 11 is 13.1. The normalized spacial score (nSPS) is 10.3. The summed E-state index contributed by atoms with van der Waals surface area (Å²) in [5.41, 5.74) is 0.299. The quantitative estimate of drug-likeness (QED) is 0.726. The van der Waals surface area contributed by atoms with Crippen LogP contribution >= 0.6 is 34.5 Å². The number of carbonyl (C=O) groups excluding carboxylic acids is 3. The minimum absolute atomic E-state index is 0.178. The van der Waals surface area contributed by atoms with Crippen molar-refractivity contribution in [2.75, 3.05) is 25.5 Å². The van der Waals surface area contributed by atoms with Crippen LogP contribution in [0.1, 0.15) is 26.3 Å². The summed E-state index contributed by atoms with van der Waals surface area (Å²) in [5.74, 6) is -1.30. The molecular formula is C17H16Cl2N2O4S. The van der Waals surface area contributed by atoms with Gasteiger partial charge < -0.3 is 15.0 Å². The number of ether oxygens (including phenoxy) is 1. The maximum absolute atomic E-state index is 12.6. The third kappa shape index (κ3) is 4.75. The van der Waals surface area contributed by atoms with E-state index in [1.54, 1.807) is 25.1 Å². The van der Waals surface area contributed by atoms with Crippen LogP contribution in [0.3, 0.4) is 0 Å². The summed E-state index contributed by atoms with van der Waals surface area (Å²) in [6.07, 6.45) is 0. The minimum atomic E-state index is -0.511. The van der Waals surface area contributed by atoms with Crippen molar-refractivity contribution < 1.29 is 19.1 Å². The smallest absolute Gasteiger partial charge is 0.348 e. The minimum Gasteiger partial charge on any atom is -0.465 e. The van der Waals surface area contributed by atoms with Gasteiger partial charge in [-0.2, -0.15) is 0 Å². The first-order chi connectivity index (χ1) is 12.4. The molecule has 1 aromatic carbocycles. The molecule has 2 aromatic rings. The molecule has 1 heterocycles. The van der Waals surface area contributed by atoms with Gasteiger partial charge >= 0.3 is 5.97 Å². The number of nitrogens with one attached hydrogen (secondary N) is 1. The zero-order chi connectivity index (χ0) is 19.3. The van der Waals surface area contributed by atoms with Gasteiger partial charge in [0, 0.05) is 6.54 Å². The van der Waals surface area contributed by atoms with Crippen LogP contribution in [0.4, 0.5) is 5.69 Å². The number of benzene rings is 1. The van der Waals surface area contributed by atoms with Crippen LogP contribution in [0.15, 0.2) is 30.3 Å². The highest BCUT2D eigenvalue weighted by atomic mass is 35.5. The SMILES string of the molecule is CCN(CC(=O)Nc1c(Cl)cccc1Cl)C(=O)c1ccc(C(=O)OC)s1. The molecule has 1 N–H and O–H groups in total. The summed E-state index contributed by atoms with van der Waals surface area (Å²) in [7, 11) is 1.27. The van der Waals surface area contributed by atoms with Crippen LogP contribution in [0.25, 0.3) is 0 Å². The van der Waals surface area contributed by atoms with Crippen molar-refractivity contribution in [1.82, 2.24) is 4.90 Å². The molecule has 1 aromatic heterocycles. The van der Waals surface area contributed by atoms with Crippen molar-refractivity contribution in [2.45, 2.75) is 6.92 Å². The molecule has 26 heavy (non-hydrogen) atoms. The van der Waals surface area contributed by atoms with Gasteiger partial charge in [-0.1, -0.05) is 29.3 Å². The number of likely N-dealkylation sites (N-methyl/N-ethyl adjacent to an activating group) is 1. The number of halogens is 2. The fraction of sp³-hybridized carbons (Fsp3) is 0.235. The lowest BCUT2D eigenvalue weighted by molar-refractivity contribution is -0.116. The van der Waals surface area contributed by atoms with Gasteiger partial charge in [-0.3, -0.25) is 9.59 Å². The summed E-state index contributed by atoms with van der Waals surface area (Å²) in [6.45, 7) is 1.89. The molecule has 0 atom stereocenters. The number of para-hydroxylation sites is 1. The highest BCUT2D eigenvalue weighted by molar-refractivity contribution is 7.15. The van der Waals surface area contributed by atoms with Crippen LogP contribution in [0.2, 0.25) is 10.0 Å².